The third-order valence-corrected chi connectivity index (χ3v) is 5.44. The highest BCUT2D eigenvalue weighted by Crippen LogP contribution is 2.26. The largest absolute Gasteiger partial charge is 0.369 e. The van der Waals surface area contributed by atoms with Crippen LogP contribution in [0, 0.1) is 12.7 Å². The number of halogens is 1. The smallest absolute Gasteiger partial charge is 0.173 e. The fourth-order valence-corrected chi connectivity index (χ4v) is 3.85. The number of rotatable bonds is 3. The lowest BCUT2D eigenvalue weighted by atomic mass is 10.1. The Kier molecular flexibility index (Phi) is 3.98. The Balaban J connectivity index is 1.52. The number of nitrogens with one attached hydrogen (secondary N) is 1. The van der Waals surface area contributed by atoms with Gasteiger partial charge in [0.05, 0.1) is 23.3 Å². The van der Waals surface area contributed by atoms with Crippen LogP contribution in [-0.4, -0.2) is 45.5 Å². The Morgan fingerprint density at radius 3 is 2.93 bits per heavy atom. The Bertz CT molecular complexity index is 1180. The fraction of sp³-hybridized carbons (Fsp3) is 0.286. The zero-order valence-corrected chi connectivity index (χ0v) is 15.9. The van der Waals surface area contributed by atoms with Crippen molar-refractivity contribution in [1.82, 2.24) is 24.7 Å². The lowest BCUT2D eigenvalue weighted by molar-refractivity contribution is 0.630. The summed E-state index contributed by atoms with van der Waals surface area (Å²) in [5, 5.41) is 4.36. The van der Waals surface area contributed by atoms with E-state index in [1.165, 1.54) is 6.07 Å². The zero-order chi connectivity index (χ0) is 19.3. The topological polar surface area (TPSA) is 58.4 Å². The van der Waals surface area contributed by atoms with E-state index in [9.17, 15) is 4.39 Å². The maximum atomic E-state index is 14.4. The summed E-state index contributed by atoms with van der Waals surface area (Å²) in [7, 11) is 2.10. The number of pyridine rings is 3. The maximum absolute atomic E-state index is 14.4. The molecular formula is C21H21FN6. The zero-order valence-electron chi connectivity index (χ0n) is 15.9. The molecular weight excluding hydrogens is 355 g/mol. The molecule has 5 heterocycles. The van der Waals surface area contributed by atoms with Crippen LogP contribution in [-0.2, 0) is 0 Å². The summed E-state index contributed by atoms with van der Waals surface area (Å²) in [6, 6.07) is 7.98. The van der Waals surface area contributed by atoms with Crippen molar-refractivity contribution >= 4 is 22.4 Å². The third-order valence-electron chi connectivity index (χ3n) is 5.44. The van der Waals surface area contributed by atoms with Crippen molar-refractivity contribution in [3.63, 3.8) is 0 Å². The van der Waals surface area contributed by atoms with Gasteiger partial charge in [0.15, 0.2) is 17.1 Å². The van der Waals surface area contributed by atoms with Crippen molar-refractivity contribution in [3.05, 3.63) is 54.4 Å². The second-order valence-electron chi connectivity index (χ2n) is 7.38. The summed E-state index contributed by atoms with van der Waals surface area (Å²) in [6.07, 6.45) is 6.65. The molecule has 0 aromatic carbocycles. The minimum Gasteiger partial charge on any atom is -0.369 e. The number of aromatic nitrogens is 4. The number of anilines is 1. The van der Waals surface area contributed by atoms with E-state index in [1.807, 2.05) is 31.5 Å². The highest BCUT2D eigenvalue weighted by molar-refractivity contribution is 5.81. The monoisotopic (exact) mass is 376 g/mol. The standard InChI is InChI=1S/C21H21FN6/c1-13-11-28-12-15(8-18(22)21(28)25-13)19-4-3-14-7-17(10-24-20(14)26-19)27(2)16-5-6-23-9-16/h3-4,7-8,10-12,16,23H,5-6,9H2,1-2H3/t16-/m1/s1. The highest BCUT2D eigenvalue weighted by Gasteiger charge is 2.20. The molecule has 1 aliphatic rings. The van der Waals surface area contributed by atoms with Crippen LogP contribution in [0.3, 0.4) is 0 Å². The molecule has 0 saturated carbocycles. The Morgan fingerprint density at radius 1 is 1.21 bits per heavy atom. The highest BCUT2D eigenvalue weighted by atomic mass is 19.1. The van der Waals surface area contributed by atoms with E-state index < -0.39 is 0 Å². The first kappa shape index (κ1) is 17.1. The Hall–Kier alpha value is -3.06. The average molecular weight is 376 g/mol. The summed E-state index contributed by atoms with van der Waals surface area (Å²) < 4.78 is 16.1. The van der Waals surface area contributed by atoms with Crippen molar-refractivity contribution in [3.8, 4) is 11.3 Å². The molecule has 0 unspecified atom stereocenters. The summed E-state index contributed by atoms with van der Waals surface area (Å²) in [5.74, 6) is -0.359. The number of nitrogens with zero attached hydrogens (tertiary/aromatic N) is 5. The average Bonchev–Trinajstić information content (AvgIpc) is 3.36. The minimum absolute atomic E-state index is 0.328. The van der Waals surface area contributed by atoms with Crippen molar-refractivity contribution in [1.29, 1.82) is 0 Å². The quantitative estimate of drug-likeness (QED) is 0.595. The molecule has 1 aliphatic heterocycles. The summed E-state index contributed by atoms with van der Waals surface area (Å²) in [4.78, 5) is 15.7. The van der Waals surface area contributed by atoms with E-state index >= 15 is 0 Å². The molecule has 28 heavy (non-hydrogen) atoms. The number of hydrogen-bond acceptors (Lipinski definition) is 5. The molecule has 1 N–H and O–H groups in total. The fourth-order valence-electron chi connectivity index (χ4n) is 3.85. The van der Waals surface area contributed by atoms with Gasteiger partial charge < -0.3 is 14.6 Å². The van der Waals surface area contributed by atoms with E-state index in [-0.39, 0.29) is 5.82 Å². The predicted octanol–water partition coefficient (Wildman–Crippen LogP) is 3.19. The lowest BCUT2D eigenvalue weighted by Gasteiger charge is -2.25. The van der Waals surface area contributed by atoms with Gasteiger partial charge in [-0.3, -0.25) is 0 Å². The number of imidazole rings is 1. The van der Waals surface area contributed by atoms with E-state index in [0.717, 1.165) is 36.3 Å². The van der Waals surface area contributed by atoms with Gasteiger partial charge in [0.25, 0.3) is 0 Å². The first-order valence-corrected chi connectivity index (χ1v) is 9.44. The number of hydrogen-bond donors (Lipinski definition) is 1. The van der Waals surface area contributed by atoms with Gasteiger partial charge in [-0.1, -0.05) is 0 Å². The Morgan fingerprint density at radius 2 is 2.11 bits per heavy atom. The first-order valence-electron chi connectivity index (χ1n) is 9.44. The number of aryl methyl sites for hydroxylation is 1. The van der Waals surface area contributed by atoms with Crippen LogP contribution >= 0.6 is 0 Å². The van der Waals surface area contributed by atoms with E-state index in [4.69, 9.17) is 0 Å². The summed E-state index contributed by atoms with van der Waals surface area (Å²) >= 11 is 0. The maximum Gasteiger partial charge on any atom is 0.173 e. The van der Waals surface area contributed by atoms with Crippen molar-refractivity contribution in [2.45, 2.75) is 19.4 Å². The Labute approximate surface area is 162 Å². The van der Waals surface area contributed by atoms with Gasteiger partial charge in [-0.05, 0) is 44.2 Å². The van der Waals surface area contributed by atoms with E-state index in [1.54, 1.807) is 10.6 Å². The molecule has 5 rings (SSSR count). The molecule has 1 saturated heterocycles. The summed E-state index contributed by atoms with van der Waals surface area (Å²) in [5.41, 5.74) is 4.23. The molecule has 7 heteroatoms. The van der Waals surface area contributed by atoms with Crippen molar-refractivity contribution < 1.29 is 4.39 Å². The van der Waals surface area contributed by atoms with Crippen LogP contribution in [0.2, 0.25) is 0 Å². The number of likely N-dealkylation sites (N-methyl/N-ethyl adjacent to an activating group) is 1. The molecule has 1 atom stereocenters. The van der Waals surface area contributed by atoms with Crippen LogP contribution in [0.25, 0.3) is 27.9 Å². The SMILES string of the molecule is Cc1cn2cc(-c3ccc4cc(N(C)[C@@H]5CCNC5)cnc4n3)cc(F)c2n1. The second-order valence-corrected chi connectivity index (χ2v) is 7.38. The molecule has 142 valence electrons. The molecule has 4 aromatic rings. The van der Waals surface area contributed by atoms with Crippen molar-refractivity contribution in [2.75, 3.05) is 25.0 Å². The molecule has 0 radical (unpaired) electrons. The van der Waals surface area contributed by atoms with Crippen LogP contribution in [0.5, 0.6) is 0 Å². The van der Waals surface area contributed by atoms with E-state index in [0.29, 0.717) is 28.6 Å². The molecule has 6 nitrogen and oxygen atoms in total. The third kappa shape index (κ3) is 2.88. The molecule has 0 amide bonds. The van der Waals surface area contributed by atoms with Gasteiger partial charge in [-0.2, -0.15) is 0 Å². The number of fused-ring (bicyclic) bond motifs is 2. The first-order chi connectivity index (χ1) is 13.6. The normalized spacial score (nSPS) is 16.9. The predicted molar refractivity (Wildman–Crippen MR) is 108 cm³/mol. The van der Waals surface area contributed by atoms with Gasteiger partial charge >= 0.3 is 0 Å². The van der Waals surface area contributed by atoms with Gasteiger partial charge in [0, 0.05) is 43.0 Å². The van der Waals surface area contributed by atoms with Crippen molar-refractivity contribution in [2.24, 2.45) is 0 Å². The van der Waals surface area contributed by atoms with Crippen LogP contribution in [0.15, 0.2) is 42.9 Å². The van der Waals surface area contributed by atoms with Crippen LogP contribution in [0.1, 0.15) is 12.1 Å². The van der Waals surface area contributed by atoms with Gasteiger partial charge in [-0.25, -0.2) is 19.3 Å². The van der Waals surface area contributed by atoms with Gasteiger partial charge in [0.1, 0.15) is 0 Å². The molecule has 4 aromatic heterocycles. The molecule has 0 bridgehead atoms. The van der Waals surface area contributed by atoms with Gasteiger partial charge in [0.2, 0.25) is 0 Å². The van der Waals surface area contributed by atoms with E-state index in [2.05, 4.69) is 38.3 Å². The second kappa shape index (κ2) is 6.53. The lowest BCUT2D eigenvalue weighted by Crippen LogP contribution is -2.33. The molecule has 1 fully saturated rings. The molecule has 0 aliphatic carbocycles. The summed E-state index contributed by atoms with van der Waals surface area (Å²) in [6.45, 7) is 3.90. The van der Waals surface area contributed by atoms with Gasteiger partial charge in [-0.15, -0.1) is 0 Å². The van der Waals surface area contributed by atoms with Crippen LogP contribution in [0.4, 0.5) is 10.1 Å². The van der Waals surface area contributed by atoms with Crippen LogP contribution < -0.4 is 10.2 Å². The minimum atomic E-state index is -0.359. The molecule has 0 spiro atoms.